The third kappa shape index (κ3) is 6.19. The van der Waals surface area contributed by atoms with E-state index in [1.807, 2.05) is 48.1 Å². The van der Waals surface area contributed by atoms with Gasteiger partial charge in [0.1, 0.15) is 6.26 Å². The number of aryl methyl sites for hydroxylation is 1. The molecule has 0 aliphatic carbocycles. The van der Waals surface area contributed by atoms with Crippen molar-refractivity contribution in [3.63, 3.8) is 0 Å². The summed E-state index contributed by atoms with van der Waals surface area (Å²) >= 11 is 0. The number of nitrogens with one attached hydrogen (secondary N) is 2. The number of nitrogens with zero attached hydrogens (tertiary/aromatic N) is 4. The summed E-state index contributed by atoms with van der Waals surface area (Å²) in [5.74, 6) is 1.35. The molecule has 4 rings (SSSR count). The van der Waals surface area contributed by atoms with Gasteiger partial charge in [-0.2, -0.15) is 5.10 Å². The van der Waals surface area contributed by atoms with E-state index in [0.29, 0.717) is 19.0 Å². The van der Waals surface area contributed by atoms with Crippen molar-refractivity contribution < 1.29 is 4.42 Å². The number of oxazole rings is 1. The highest BCUT2D eigenvalue weighted by Crippen LogP contribution is 2.19. The first-order valence-electron chi connectivity index (χ1n) is 10.3. The maximum absolute atomic E-state index is 5.64. The number of aliphatic imine (C=N–C) groups is 1. The minimum absolute atomic E-state index is 0. The predicted octanol–water partition coefficient (Wildman–Crippen LogP) is 4.71. The van der Waals surface area contributed by atoms with Gasteiger partial charge in [0.15, 0.2) is 5.96 Å². The van der Waals surface area contributed by atoms with Crippen LogP contribution in [0.4, 0.5) is 0 Å². The van der Waals surface area contributed by atoms with Gasteiger partial charge in [0, 0.05) is 24.5 Å². The molecule has 0 spiro atoms. The maximum atomic E-state index is 5.64. The van der Waals surface area contributed by atoms with E-state index in [-0.39, 0.29) is 24.0 Å². The summed E-state index contributed by atoms with van der Waals surface area (Å²) < 4.78 is 7.48. The molecule has 0 bridgehead atoms. The van der Waals surface area contributed by atoms with E-state index in [1.54, 1.807) is 12.5 Å². The van der Waals surface area contributed by atoms with Crippen LogP contribution < -0.4 is 10.6 Å². The SMILES string of the molecule is CCNC(=NCc1cccc(-n2cccn2)c1)NCc1coc(-c2ccc(C)cc2)n1.I. The van der Waals surface area contributed by atoms with Gasteiger partial charge in [-0.1, -0.05) is 29.8 Å². The lowest BCUT2D eigenvalue weighted by molar-refractivity contribution is 0.572. The first-order valence-corrected chi connectivity index (χ1v) is 10.3. The van der Waals surface area contributed by atoms with E-state index >= 15 is 0 Å². The third-order valence-corrected chi connectivity index (χ3v) is 4.73. The van der Waals surface area contributed by atoms with Crippen molar-refractivity contribution in [3.05, 3.63) is 90.1 Å². The van der Waals surface area contributed by atoms with Crippen LogP contribution in [0.25, 0.3) is 17.1 Å². The van der Waals surface area contributed by atoms with E-state index in [4.69, 9.17) is 9.41 Å². The van der Waals surface area contributed by atoms with Crippen LogP contribution in [0.15, 0.2) is 82.7 Å². The highest BCUT2D eigenvalue weighted by molar-refractivity contribution is 14.0. The van der Waals surface area contributed by atoms with Crippen LogP contribution in [0.2, 0.25) is 0 Å². The van der Waals surface area contributed by atoms with Crippen LogP contribution in [0.5, 0.6) is 0 Å². The zero-order valence-electron chi connectivity index (χ0n) is 18.2. The van der Waals surface area contributed by atoms with Crippen molar-refractivity contribution in [2.45, 2.75) is 26.9 Å². The molecule has 0 saturated heterocycles. The summed E-state index contributed by atoms with van der Waals surface area (Å²) in [5, 5.41) is 10.9. The fraction of sp³-hybridized carbons (Fsp3) is 0.208. The zero-order valence-corrected chi connectivity index (χ0v) is 20.5. The Hall–Kier alpha value is -3.14. The van der Waals surface area contributed by atoms with Gasteiger partial charge in [-0.15, -0.1) is 24.0 Å². The van der Waals surface area contributed by atoms with Crippen molar-refractivity contribution in [1.29, 1.82) is 0 Å². The number of halogens is 1. The van der Waals surface area contributed by atoms with E-state index in [9.17, 15) is 0 Å². The predicted molar refractivity (Wildman–Crippen MR) is 137 cm³/mol. The standard InChI is InChI=1S/C24H26N6O.HI/c1-3-25-24(26-15-19-6-4-7-22(14-19)30-13-5-12-28-30)27-16-21-17-31-23(29-21)20-10-8-18(2)9-11-20;/h4-14,17H,3,15-16H2,1-2H3,(H2,25,26,27);1H. The molecule has 32 heavy (non-hydrogen) atoms. The number of hydrogen-bond donors (Lipinski definition) is 2. The molecule has 2 aromatic heterocycles. The number of benzene rings is 2. The van der Waals surface area contributed by atoms with Gasteiger partial charge < -0.3 is 15.1 Å². The summed E-state index contributed by atoms with van der Waals surface area (Å²) in [6.45, 7) is 5.95. The topological polar surface area (TPSA) is 80.3 Å². The molecule has 0 unspecified atom stereocenters. The van der Waals surface area contributed by atoms with Crippen molar-refractivity contribution in [2.24, 2.45) is 4.99 Å². The van der Waals surface area contributed by atoms with Crippen LogP contribution in [0, 0.1) is 6.92 Å². The molecule has 166 valence electrons. The molecule has 0 saturated carbocycles. The van der Waals surface area contributed by atoms with Gasteiger partial charge in [-0.3, -0.25) is 0 Å². The number of guanidine groups is 1. The average Bonchev–Trinajstić information content (AvgIpc) is 3.49. The van der Waals surface area contributed by atoms with Crippen molar-refractivity contribution >= 4 is 29.9 Å². The van der Waals surface area contributed by atoms with E-state index in [1.165, 1.54) is 5.56 Å². The molecule has 7 nitrogen and oxygen atoms in total. The maximum Gasteiger partial charge on any atom is 0.226 e. The molecule has 2 aromatic carbocycles. The Labute approximate surface area is 205 Å². The molecule has 0 aliphatic heterocycles. The average molecular weight is 542 g/mol. The molecule has 2 heterocycles. The lowest BCUT2D eigenvalue weighted by Crippen LogP contribution is -2.36. The van der Waals surface area contributed by atoms with Crippen LogP contribution in [0.3, 0.4) is 0 Å². The molecule has 8 heteroatoms. The lowest BCUT2D eigenvalue weighted by atomic mass is 10.1. The largest absolute Gasteiger partial charge is 0.444 e. The molecule has 0 amide bonds. The van der Waals surface area contributed by atoms with Gasteiger partial charge in [-0.05, 0) is 49.7 Å². The van der Waals surface area contributed by atoms with Gasteiger partial charge in [0.25, 0.3) is 0 Å². The number of rotatable bonds is 7. The molecule has 0 fully saturated rings. The Bertz CT molecular complexity index is 1140. The Balaban J connectivity index is 0.00000289. The summed E-state index contributed by atoms with van der Waals surface area (Å²) in [6.07, 6.45) is 5.38. The highest BCUT2D eigenvalue weighted by atomic mass is 127. The second-order valence-electron chi connectivity index (χ2n) is 7.18. The van der Waals surface area contributed by atoms with Gasteiger partial charge in [0.2, 0.25) is 5.89 Å². The van der Waals surface area contributed by atoms with Gasteiger partial charge in [0.05, 0.1) is 24.5 Å². The lowest BCUT2D eigenvalue weighted by Gasteiger charge is -2.10. The number of aromatic nitrogens is 3. The Kier molecular flexibility index (Phi) is 8.43. The van der Waals surface area contributed by atoms with Crippen LogP contribution in [0.1, 0.15) is 23.7 Å². The van der Waals surface area contributed by atoms with Crippen molar-refractivity contribution in [1.82, 2.24) is 25.4 Å². The highest BCUT2D eigenvalue weighted by Gasteiger charge is 2.07. The Morgan fingerprint density at radius 3 is 2.69 bits per heavy atom. The Morgan fingerprint density at radius 2 is 1.94 bits per heavy atom. The number of hydrogen-bond acceptors (Lipinski definition) is 4. The molecular formula is C24H27IN6O. The second kappa shape index (κ2) is 11.5. The third-order valence-electron chi connectivity index (χ3n) is 4.73. The zero-order chi connectivity index (χ0) is 21.5. The second-order valence-corrected chi connectivity index (χ2v) is 7.18. The Morgan fingerprint density at radius 1 is 1.09 bits per heavy atom. The fourth-order valence-corrected chi connectivity index (χ4v) is 3.12. The normalized spacial score (nSPS) is 11.1. The van der Waals surface area contributed by atoms with Crippen LogP contribution in [-0.4, -0.2) is 27.3 Å². The minimum atomic E-state index is 0. The van der Waals surface area contributed by atoms with E-state index in [0.717, 1.165) is 35.0 Å². The summed E-state index contributed by atoms with van der Waals surface area (Å²) in [5.41, 5.74) is 5.12. The summed E-state index contributed by atoms with van der Waals surface area (Å²) in [4.78, 5) is 9.28. The van der Waals surface area contributed by atoms with Crippen LogP contribution >= 0.6 is 24.0 Å². The van der Waals surface area contributed by atoms with Gasteiger partial charge >= 0.3 is 0 Å². The van der Waals surface area contributed by atoms with E-state index in [2.05, 4.69) is 51.9 Å². The van der Waals surface area contributed by atoms with Crippen molar-refractivity contribution in [2.75, 3.05) is 6.54 Å². The fourth-order valence-electron chi connectivity index (χ4n) is 3.12. The first kappa shape index (κ1) is 23.5. The molecule has 4 aromatic rings. The van der Waals surface area contributed by atoms with Crippen LogP contribution in [-0.2, 0) is 13.1 Å². The molecule has 0 aliphatic rings. The minimum Gasteiger partial charge on any atom is -0.444 e. The monoisotopic (exact) mass is 542 g/mol. The smallest absolute Gasteiger partial charge is 0.226 e. The molecular weight excluding hydrogens is 515 g/mol. The van der Waals surface area contributed by atoms with Gasteiger partial charge in [-0.25, -0.2) is 14.7 Å². The summed E-state index contributed by atoms with van der Waals surface area (Å²) in [7, 11) is 0. The molecule has 2 N–H and O–H groups in total. The molecule has 0 atom stereocenters. The quantitative estimate of drug-likeness (QED) is 0.201. The molecule has 0 radical (unpaired) electrons. The first-order chi connectivity index (χ1) is 15.2. The van der Waals surface area contributed by atoms with Crippen molar-refractivity contribution in [3.8, 4) is 17.1 Å². The summed E-state index contributed by atoms with van der Waals surface area (Å²) in [6, 6.07) is 18.2. The van der Waals surface area contributed by atoms with E-state index < -0.39 is 0 Å².